The fraction of sp³-hybridized carbons (Fsp3) is 0.450. The van der Waals surface area contributed by atoms with Crippen molar-refractivity contribution in [2.24, 2.45) is 5.16 Å². The Labute approximate surface area is 167 Å². The van der Waals surface area contributed by atoms with Gasteiger partial charge in [-0.15, -0.1) is 0 Å². The molecular formula is C20H23ClN2O5. The zero-order valence-electron chi connectivity index (χ0n) is 15.4. The first-order valence-electron chi connectivity index (χ1n) is 9.31. The van der Waals surface area contributed by atoms with Crippen LogP contribution in [0.1, 0.15) is 66.5 Å². The van der Waals surface area contributed by atoms with Crippen molar-refractivity contribution in [1.82, 2.24) is 5.16 Å². The van der Waals surface area contributed by atoms with E-state index in [2.05, 4.69) is 10.3 Å². The van der Waals surface area contributed by atoms with Gasteiger partial charge in [-0.1, -0.05) is 52.2 Å². The highest BCUT2D eigenvalue weighted by molar-refractivity contribution is 6.69. The molecule has 7 nitrogen and oxygen atoms in total. The minimum atomic E-state index is -0.900. The molecule has 1 aromatic carbocycles. The summed E-state index contributed by atoms with van der Waals surface area (Å²) in [7, 11) is 0. The summed E-state index contributed by atoms with van der Waals surface area (Å²) in [6, 6.07) is 9.88. The van der Waals surface area contributed by atoms with Crippen molar-refractivity contribution in [2.75, 3.05) is 6.61 Å². The molecule has 150 valence electrons. The van der Waals surface area contributed by atoms with Crippen LogP contribution in [0.15, 0.2) is 40.0 Å². The monoisotopic (exact) mass is 406 g/mol. The van der Waals surface area contributed by atoms with Crippen LogP contribution in [0.3, 0.4) is 0 Å². The Kier molecular flexibility index (Phi) is 7.06. The number of hydrogen-bond donors (Lipinski definition) is 2. The summed E-state index contributed by atoms with van der Waals surface area (Å²) >= 11 is 5.93. The summed E-state index contributed by atoms with van der Waals surface area (Å²) in [5, 5.41) is 25.2. The first-order chi connectivity index (χ1) is 13.6. The van der Waals surface area contributed by atoms with Crippen LogP contribution in [0.2, 0.25) is 0 Å². The van der Waals surface area contributed by atoms with E-state index in [9.17, 15) is 9.90 Å². The molecule has 0 amide bonds. The Bertz CT molecular complexity index is 817. The minimum Gasteiger partial charge on any atom is -0.481 e. The van der Waals surface area contributed by atoms with Crippen molar-refractivity contribution < 1.29 is 24.4 Å². The highest BCUT2D eigenvalue weighted by Gasteiger charge is 2.36. The van der Waals surface area contributed by atoms with Crippen LogP contribution in [0.4, 0.5) is 0 Å². The number of ether oxygens (including phenoxy) is 1. The van der Waals surface area contributed by atoms with Crippen LogP contribution in [0, 0.1) is 0 Å². The van der Waals surface area contributed by atoms with Gasteiger partial charge in [-0.25, -0.2) is 0 Å². The van der Waals surface area contributed by atoms with Gasteiger partial charge in [0.05, 0.1) is 18.7 Å². The summed E-state index contributed by atoms with van der Waals surface area (Å²) in [6.07, 6.45) is 3.14. The SMILES string of the molecule is O=C(O)C[C@H](CCCOCc1ccccc1)c1noc(/C(Cl)=N\O)c1C1CC1. The molecule has 0 unspecified atom stereocenters. The van der Waals surface area contributed by atoms with E-state index in [1.54, 1.807) is 0 Å². The number of oxime groups is 1. The summed E-state index contributed by atoms with van der Waals surface area (Å²) in [5.41, 5.74) is 2.48. The van der Waals surface area contributed by atoms with E-state index in [0.29, 0.717) is 31.7 Å². The Morgan fingerprint density at radius 2 is 2.11 bits per heavy atom. The number of carboxylic acid groups (broad SMARTS) is 1. The molecule has 2 aromatic rings. The van der Waals surface area contributed by atoms with Gasteiger partial charge in [0.1, 0.15) is 0 Å². The molecule has 1 aliphatic carbocycles. The van der Waals surface area contributed by atoms with Gasteiger partial charge >= 0.3 is 5.97 Å². The predicted octanol–water partition coefficient (Wildman–Crippen LogP) is 4.48. The first-order valence-corrected chi connectivity index (χ1v) is 9.68. The third kappa shape index (κ3) is 5.33. The lowest BCUT2D eigenvalue weighted by molar-refractivity contribution is -0.137. The van der Waals surface area contributed by atoms with Crippen LogP contribution in [0.5, 0.6) is 0 Å². The number of nitrogens with zero attached hydrogens (tertiary/aromatic N) is 2. The van der Waals surface area contributed by atoms with E-state index in [-0.39, 0.29) is 29.2 Å². The number of carbonyl (C=O) groups is 1. The fourth-order valence-corrected chi connectivity index (χ4v) is 3.44. The van der Waals surface area contributed by atoms with Crippen molar-refractivity contribution >= 4 is 22.7 Å². The average Bonchev–Trinajstić information content (AvgIpc) is 3.44. The molecule has 1 heterocycles. The van der Waals surface area contributed by atoms with E-state index >= 15 is 0 Å². The quantitative estimate of drug-likeness (QED) is 0.246. The Morgan fingerprint density at radius 1 is 1.36 bits per heavy atom. The van der Waals surface area contributed by atoms with Crippen molar-refractivity contribution in [1.29, 1.82) is 0 Å². The van der Waals surface area contributed by atoms with Crippen LogP contribution in [-0.2, 0) is 16.1 Å². The van der Waals surface area contributed by atoms with Crippen molar-refractivity contribution in [3.8, 4) is 0 Å². The van der Waals surface area contributed by atoms with E-state index in [1.807, 2.05) is 30.3 Å². The number of hydrogen-bond acceptors (Lipinski definition) is 6. The van der Waals surface area contributed by atoms with Crippen LogP contribution >= 0.6 is 11.6 Å². The maximum atomic E-state index is 11.4. The van der Waals surface area contributed by atoms with Gasteiger partial charge in [0.15, 0.2) is 0 Å². The van der Waals surface area contributed by atoms with Gasteiger partial charge < -0.3 is 19.6 Å². The molecule has 2 N–H and O–H groups in total. The first kappa shape index (κ1) is 20.4. The maximum Gasteiger partial charge on any atom is 0.304 e. The van der Waals surface area contributed by atoms with Gasteiger partial charge in [-0.2, -0.15) is 0 Å². The van der Waals surface area contributed by atoms with Gasteiger partial charge in [0, 0.05) is 18.1 Å². The number of halogens is 1. The smallest absolute Gasteiger partial charge is 0.304 e. The maximum absolute atomic E-state index is 11.4. The van der Waals surface area contributed by atoms with Crippen molar-refractivity contribution in [2.45, 2.75) is 50.5 Å². The molecule has 1 aromatic heterocycles. The second kappa shape index (κ2) is 9.71. The lowest BCUT2D eigenvalue weighted by Crippen LogP contribution is -2.10. The molecule has 1 saturated carbocycles. The Morgan fingerprint density at radius 3 is 2.75 bits per heavy atom. The largest absolute Gasteiger partial charge is 0.481 e. The molecule has 1 atom stereocenters. The topological polar surface area (TPSA) is 105 Å². The number of rotatable bonds is 11. The van der Waals surface area contributed by atoms with Gasteiger partial charge in [-0.05, 0) is 37.2 Å². The zero-order chi connectivity index (χ0) is 19.9. The molecule has 0 saturated heterocycles. The molecule has 0 radical (unpaired) electrons. The summed E-state index contributed by atoms with van der Waals surface area (Å²) in [4.78, 5) is 11.4. The summed E-state index contributed by atoms with van der Waals surface area (Å²) in [6.45, 7) is 1.04. The molecule has 0 bridgehead atoms. The van der Waals surface area contributed by atoms with Gasteiger partial charge in [0.2, 0.25) is 10.9 Å². The highest BCUT2D eigenvalue weighted by Crippen LogP contribution is 2.46. The zero-order valence-corrected chi connectivity index (χ0v) is 16.1. The molecule has 8 heteroatoms. The molecule has 28 heavy (non-hydrogen) atoms. The molecule has 1 aliphatic rings. The van der Waals surface area contributed by atoms with Gasteiger partial charge in [0.25, 0.3) is 0 Å². The van der Waals surface area contributed by atoms with Crippen LogP contribution in [-0.4, -0.2) is 33.2 Å². The summed E-state index contributed by atoms with van der Waals surface area (Å²) < 4.78 is 11.0. The van der Waals surface area contributed by atoms with E-state index in [1.165, 1.54) is 0 Å². The second-order valence-corrected chi connectivity index (χ2v) is 7.31. The Balaban J connectivity index is 1.64. The number of benzene rings is 1. The lowest BCUT2D eigenvalue weighted by atomic mass is 9.91. The molecular weight excluding hydrogens is 384 g/mol. The number of aromatic nitrogens is 1. The van der Waals surface area contributed by atoms with E-state index < -0.39 is 5.97 Å². The molecule has 0 spiro atoms. The summed E-state index contributed by atoms with van der Waals surface area (Å²) in [5.74, 6) is -0.757. The van der Waals surface area contributed by atoms with Crippen molar-refractivity contribution in [3.63, 3.8) is 0 Å². The minimum absolute atomic E-state index is 0.0573. The van der Waals surface area contributed by atoms with Gasteiger partial charge in [-0.3, -0.25) is 4.79 Å². The average molecular weight is 407 g/mol. The molecule has 0 aliphatic heterocycles. The number of carboxylic acids is 1. The predicted molar refractivity (Wildman–Crippen MR) is 103 cm³/mol. The fourth-order valence-electron chi connectivity index (χ4n) is 3.31. The molecule has 3 rings (SSSR count). The van der Waals surface area contributed by atoms with E-state index in [0.717, 1.165) is 24.0 Å². The third-order valence-corrected chi connectivity index (χ3v) is 5.02. The van der Waals surface area contributed by atoms with Crippen molar-refractivity contribution in [3.05, 3.63) is 52.9 Å². The van der Waals surface area contributed by atoms with Crippen LogP contribution < -0.4 is 0 Å². The Hall–Kier alpha value is -2.38. The van der Waals surface area contributed by atoms with E-state index in [4.69, 9.17) is 26.1 Å². The van der Waals surface area contributed by atoms with Crippen LogP contribution in [0.25, 0.3) is 0 Å². The normalized spacial score (nSPS) is 15.5. The third-order valence-electron chi connectivity index (χ3n) is 4.78. The lowest BCUT2D eigenvalue weighted by Gasteiger charge is -2.14. The standard InChI is InChI=1S/C20H23ClN2O5/c21-20(22-26)19-17(14-8-9-14)18(23-28-19)15(11-16(24)25)7-4-10-27-12-13-5-2-1-3-6-13/h1-3,5-6,14-15,26H,4,7-12H2,(H,24,25)/b22-20+/t15-/m0/s1. The number of aliphatic carboxylic acids is 1. The second-order valence-electron chi connectivity index (χ2n) is 6.95. The highest BCUT2D eigenvalue weighted by atomic mass is 35.5. The molecule has 1 fully saturated rings.